The van der Waals surface area contributed by atoms with Gasteiger partial charge in [0.15, 0.2) is 10.2 Å². The molecule has 1 aliphatic rings. The summed E-state index contributed by atoms with van der Waals surface area (Å²) in [5.74, 6) is 0. The largest absolute Gasteiger partial charge is 0.378 e. The molecule has 0 bridgehead atoms. The van der Waals surface area contributed by atoms with Gasteiger partial charge >= 0.3 is 0 Å². The first-order valence-corrected chi connectivity index (χ1v) is 9.41. The van der Waals surface area contributed by atoms with Crippen LogP contribution in [0.2, 0.25) is 0 Å². The minimum Gasteiger partial charge on any atom is -0.378 e. The van der Waals surface area contributed by atoms with Crippen molar-refractivity contribution in [1.29, 1.82) is 0 Å². The van der Waals surface area contributed by atoms with Gasteiger partial charge in [-0.2, -0.15) is 0 Å². The molecule has 3 N–H and O–H groups in total. The second-order valence-electron chi connectivity index (χ2n) is 6.12. The third-order valence-electron chi connectivity index (χ3n) is 3.83. The number of anilines is 2. The van der Waals surface area contributed by atoms with Crippen molar-refractivity contribution in [2.24, 2.45) is 0 Å². The maximum Gasteiger partial charge on any atom is 0.186 e. The van der Waals surface area contributed by atoms with E-state index >= 15 is 0 Å². The Bertz CT molecular complexity index is 697. The SMILES string of the molecule is C[NH+](C)CCNC(=S)Nc1ccc2nc(N3CCOCC3)sc2c1. The minimum atomic E-state index is 0.661. The Morgan fingerprint density at radius 2 is 2.17 bits per heavy atom. The first kappa shape index (κ1) is 17.3. The van der Waals surface area contributed by atoms with Crippen molar-refractivity contribution in [2.75, 3.05) is 63.7 Å². The highest BCUT2D eigenvalue weighted by atomic mass is 32.1. The van der Waals surface area contributed by atoms with Gasteiger partial charge in [0, 0.05) is 18.8 Å². The normalized spacial score (nSPS) is 15.0. The van der Waals surface area contributed by atoms with Crippen LogP contribution in [0.5, 0.6) is 0 Å². The molecule has 0 saturated carbocycles. The van der Waals surface area contributed by atoms with Crippen LogP contribution >= 0.6 is 23.6 Å². The molecule has 0 spiro atoms. The summed E-state index contributed by atoms with van der Waals surface area (Å²) in [6.45, 7) is 5.25. The van der Waals surface area contributed by atoms with Crippen molar-refractivity contribution in [3.8, 4) is 0 Å². The monoisotopic (exact) mass is 366 g/mol. The van der Waals surface area contributed by atoms with Crippen LogP contribution in [0.4, 0.5) is 10.8 Å². The number of aromatic nitrogens is 1. The molecule has 1 aromatic carbocycles. The van der Waals surface area contributed by atoms with Gasteiger partial charge in [-0.1, -0.05) is 11.3 Å². The van der Waals surface area contributed by atoms with Gasteiger partial charge in [-0.05, 0) is 30.4 Å². The number of hydrogen-bond donors (Lipinski definition) is 3. The van der Waals surface area contributed by atoms with Crippen LogP contribution in [0.1, 0.15) is 0 Å². The molecule has 0 aliphatic carbocycles. The van der Waals surface area contributed by atoms with E-state index < -0.39 is 0 Å². The van der Waals surface area contributed by atoms with Gasteiger partial charge in [0.25, 0.3) is 0 Å². The lowest BCUT2D eigenvalue weighted by atomic mass is 10.3. The minimum absolute atomic E-state index is 0.661. The van der Waals surface area contributed by atoms with Gasteiger partial charge in [-0.15, -0.1) is 0 Å². The molecule has 0 amide bonds. The first-order valence-electron chi connectivity index (χ1n) is 8.19. The van der Waals surface area contributed by atoms with E-state index in [4.69, 9.17) is 21.9 Å². The number of nitrogens with one attached hydrogen (secondary N) is 3. The maximum absolute atomic E-state index is 5.41. The number of thiocarbonyl (C=S) groups is 1. The molecule has 0 atom stereocenters. The lowest BCUT2D eigenvalue weighted by Crippen LogP contribution is -3.06. The van der Waals surface area contributed by atoms with Gasteiger partial charge in [0.2, 0.25) is 0 Å². The predicted octanol–water partition coefficient (Wildman–Crippen LogP) is 0.564. The summed E-state index contributed by atoms with van der Waals surface area (Å²) in [6, 6.07) is 6.18. The second-order valence-corrected chi connectivity index (χ2v) is 7.53. The molecule has 1 saturated heterocycles. The molecule has 1 aliphatic heterocycles. The van der Waals surface area contributed by atoms with Gasteiger partial charge in [-0.3, -0.25) is 0 Å². The average Bonchev–Trinajstić information content (AvgIpc) is 2.98. The summed E-state index contributed by atoms with van der Waals surface area (Å²) in [7, 11) is 4.25. The number of nitrogens with zero attached hydrogens (tertiary/aromatic N) is 2. The van der Waals surface area contributed by atoms with Gasteiger partial charge in [-0.25, -0.2) is 4.98 Å². The Morgan fingerprint density at radius 3 is 2.92 bits per heavy atom. The van der Waals surface area contributed by atoms with Crippen LogP contribution in [-0.4, -0.2) is 63.6 Å². The van der Waals surface area contributed by atoms with Crippen LogP contribution < -0.4 is 20.4 Å². The van der Waals surface area contributed by atoms with E-state index in [1.807, 2.05) is 12.1 Å². The summed E-state index contributed by atoms with van der Waals surface area (Å²) in [5, 5.41) is 8.22. The summed E-state index contributed by atoms with van der Waals surface area (Å²) in [5.41, 5.74) is 2.02. The molecule has 3 rings (SSSR count). The van der Waals surface area contributed by atoms with Gasteiger partial charge in [0.05, 0.1) is 50.6 Å². The topological polar surface area (TPSA) is 53.9 Å². The van der Waals surface area contributed by atoms with Crippen molar-refractivity contribution in [3.05, 3.63) is 18.2 Å². The lowest BCUT2D eigenvalue weighted by Gasteiger charge is -2.25. The van der Waals surface area contributed by atoms with Crippen LogP contribution in [0.25, 0.3) is 10.2 Å². The van der Waals surface area contributed by atoms with Gasteiger partial charge in [0.1, 0.15) is 0 Å². The molecule has 1 fully saturated rings. The number of thiazole rings is 1. The number of rotatable bonds is 5. The number of hydrogen-bond acceptors (Lipinski definition) is 5. The standard InChI is InChI=1S/C16H23N5OS2/c1-20(2)6-5-17-15(23)18-12-3-4-13-14(11-12)24-16(19-13)21-7-9-22-10-8-21/h3-4,11H,5-10H2,1-2H3,(H2,17,18,23)/p+1. The Balaban J connectivity index is 1.64. The summed E-state index contributed by atoms with van der Waals surface area (Å²) >= 11 is 7.07. The van der Waals surface area contributed by atoms with E-state index in [-0.39, 0.29) is 0 Å². The molecular weight excluding hydrogens is 342 g/mol. The Labute approximate surface area is 151 Å². The van der Waals surface area contributed by atoms with Crippen molar-refractivity contribution in [1.82, 2.24) is 10.3 Å². The highest BCUT2D eigenvalue weighted by molar-refractivity contribution is 7.80. The molecule has 0 unspecified atom stereocenters. The third-order valence-corrected chi connectivity index (χ3v) is 5.15. The van der Waals surface area contributed by atoms with E-state index in [0.29, 0.717) is 5.11 Å². The Kier molecular flexibility index (Phi) is 5.83. The predicted molar refractivity (Wildman–Crippen MR) is 105 cm³/mol. The molecule has 130 valence electrons. The third kappa shape index (κ3) is 4.54. The van der Waals surface area contributed by atoms with Crippen LogP contribution in [0.15, 0.2) is 18.2 Å². The van der Waals surface area contributed by atoms with E-state index in [1.165, 1.54) is 9.60 Å². The first-order chi connectivity index (χ1) is 11.6. The number of benzene rings is 1. The van der Waals surface area contributed by atoms with Crippen molar-refractivity contribution < 1.29 is 9.64 Å². The molecule has 24 heavy (non-hydrogen) atoms. The molecular formula is C16H24N5OS2+. The summed E-state index contributed by atoms with van der Waals surface area (Å²) in [4.78, 5) is 8.42. The summed E-state index contributed by atoms with van der Waals surface area (Å²) in [6.07, 6.45) is 0. The number of morpholine rings is 1. The lowest BCUT2D eigenvalue weighted by molar-refractivity contribution is -0.856. The summed E-state index contributed by atoms with van der Waals surface area (Å²) < 4.78 is 6.58. The Hall–Kier alpha value is -1.48. The van der Waals surface area contributed by atoms with E-state index in [9.17, 15) is 0 Å². The van der Waals surface area contributed by atoms with E-state index in [0.717, 1.165) is 55.7 Å². The fourth-order valence-corrected chi connectivity index (χ4v) is 3.76. The Morgan fingerprint density at radius 1 is 1.38 bits per heavy atom. The van der Waals surface area contributed by atoms with Crippen molar-refractivity contribution >= 4 is 49.7 Å². The van der Waals surface area contributed by atoms with Crippen molar-refractivity contribution in [3.63, 3.8) is 0 Å². The van der Waals surface area contributed by atoms with Crippen LogP contribution in [-0.2, 0) is 4.74 Å². The molecule has 8 heteroatoms. The quantitative estimate of drug-likeness (QED) is 0.673. The number of ether oxygens (including phenoxy) is 1. The van der Waals surface area contributed by atoms with Crippen LogP contribution in [0, 0.1) is 0 Å². The number of quaternary nitrogens is 1. The van der Waals surface area contributed by atoms with E-state index in [1.54, 1.807) is 11.3 Å². The highest BCUT2D eigenvalue weighted by Crippen LogP contribution is 2.31. The zero-order valence-corrected chi connectivity index (χ0v) is 15.7. The molecule has 2 aromatic rings. The van der Waals surface area contributed by atoms with Gasteiger partial charge < -0.3 is 25.2 Å². The fourth-order valence-electron chi connectivity index (χ4n) is 2.48. The highest BCUT2D eigenvalue weighted by Gasteiger charge is 2.15. The zero-order chi connectivity index (χ0) is 16.9. The zero-order valence-electron chi connectivity index (χ0n) is 14.1. The smallest absolute Gasteiger partial charge is 0.186 e. The molecule has 2 heterocycles. The maximum atomic E-state index is 5.41. The molecule has 6 nitrogen and oxygen atoms in total. The average molecular weight is 367 g/mol. The number of fused-ring (bicyclic) bond motifs is 1. The van der Waals surface area contributed by atoms with Crippen LogP contribution in [0.3, 0.4) is 0 Å². The number of likely N-dealkylation sites (N-methyl/N-ethyl adjacent to an activating group) is 1. The fraction of sp³-hybridized carbons (Fsp3) is 0.500. The molecule has 1 aromatic heterocycles. The van der Waals surface area contributed by atoms with E-state index in [2.05, 4.69) is 35.7 Å². The molecule has 0 radical (unpaired) electrons. The van der Waals surface area contributed by atoms with Crippen molar-refractivity contribution in [2.45, 2.75) is 0 Å². The second kappa shape index (κ2) is 8.06.